The molecule has 152 valence electrons. The lowest BCUT2D eigenvalue weighted by molar-refractivity contribution is 0.0613. The average Bonchev–Trinajstić information content (AvgIpc) is 2.82. The number of aromatic nitrogens is 1. The summed E-state index contributed by atoms with van der Waals surface area (Å²) in [5.41, 5.74) is 4.26. The second-order valence-corrected chi connectivity index (χ2v) is 8.60. The van der Waals surface area contributed by atoms with E-state index in [1.165, 1.54) is 11.1 Å². The van der Waals surface area contributed by atoms with Gasteiger partial charge in [-0.15, -0.1) is 0 Å². The predicted octanol–water partition coefficient (Wildman–Crippen LogP) is 6.11. The molecule has 2 atom stereocenters. The fourth-order valence-corrected chi connectivity index (χ4v) is 5.14. The number of carbonyl (C=O) groups is 1. The van der Waals surface area contributed by atoms with E-state index in [1.54, 1.807) is 6.20 Å². The second kappa shape index (κ2) is 8.43. The molecule has 0 saturated heterocycles. The van der Waals surface area contributed by atoms with Crippen LogP contribution in [0.2, 0.25) is 0 Å². The third kappa shape index (κ3) is 3.65. The molecule has 3 heteroatoms. The van der Waals surface area contributed by atoms with Gasteiger partial charge in [-0.05, 0) is 67.7 Å². The smallest absolute Gasteiger partial charge is 0.256 e. The number of fused-ring (bicyclic) bond motifs is 2. The molecule has 5 rings (SSSR count). The van der Waals surface area contributed by atoms with Crippen molar-refractivity contribution in [2.24, 2.45) is 5.92 Å². The molecule has 0 N–H and O–H groups in total. The second-order valence-electron chi connectivity index (χ2n) is 8.60. The first kappa shape index (κ1) is 19.0. The van der Waals surface area contributed by atoms with Crippen LogP contribution in [0.3, 0.4) is 0 Å². The van der Waals surface area contributed by atoms with Crippen molar-refractivity contribution in [3.63, 3.8) is 0 Å². The fourth-order valence-electron chi connectivity index (χ4n) is 5.14. The van der Waals surface area contributed by atoms with Crippen LogP contribution in [0.15, 0.2) is 72.9 Å². The predicted molar refractivity (Wildman–Crippen MR) is 121 cm³/mol. The van der Waals surface area contributed by atoms with E-state index < -0.39 is 0 Å². The van der Waals surface area contributed by atoms with Gasteiger partial charge in [0.1, 0.15) is 0 Å². The van der Waals surface area contributed by atoms with Crippen LogP contribution in [0.1, 0.15) is 59.6 Å². The van der Waals surface area contributed by atoms with Gasteiger partial charge in [0.25, 0.3) is 5.91 Å². The first-order valence-corrected chi connectivity index (χ1v) is 11.2. The summed E-state index contributed by atoms with van der Waals surface area (Å²) in [7, 11) is 0. The van der Waals surface area contributed by atoms with Crippen LogP contribution in [0.25, 0.3) is 10.9 Å². The minimum Gasteiger partial charge on any atom is -0.331 e. The summed E-state index contributed by atoms with van der Waals surface area (Å²) in [4.78, 5) is 20.7. The van der Waals surface area contributed by atoms with Crippen molar-refractivity contribution in [3.8, 4) is 0 Å². The highest BCUT2D eigenvalue weighted by molar-refractivity contribution is 6.05. The minimum atomic E-state index is 0.121. The van der Waals surface area contributed by atoms with Crippen LogP contribution in [0.5, 0.6) is 0 Å². The van der Waals surface area contributed by atoms with Gasteiger partial charge in [0.2, 0.25) is 0 Å². The molecule has 2 aliphatic carbocycles. The molecular weight excluding hydrogens is 368 g/mol. The molecule has 2 unspecified atom stereocenters. The maximum atomic E-state index is 14.0. The van der Waals surface area contributed by atoms with Crippen LogP contribution in [0.4, 0.5) is 0 Å². The normalized spacial score (nSPS) is 20.7. The lowest BCUT2D eigenvalue weighted by Gasteiger charge is -2.38. The maximum Gasteiger partial charge on any atom is 0.256 e. The molecule has 2 aliphatic rings. The first-order chi connectivity index (χ1) is 14.8. The Kier molecular flexibility index (Phi) is 5.35. The molecule has 0 aliphatic heterocycles. The van der Waals surface area contributed by atoms with Crippen LogP contribution in [-0.2, 0) is 6.42 Å². The number of hydrogen-bond acceptors (Lipinski definition) is 2. The van der Waals surface area contributed by atoms with Crippen molar-refractivity contribution in [2.75, 3.05) is 6.54 Å². The molecule has 1 amide bonds. The molecule has 0 saturated carbocycles. The highest BCUT2D eigenvalue weighted by atomic mass is 16.2. The van der Waals surface area contributed by atoms with E-state index in [2.05, 4.69) is 46.3 Å². The van der Waals surface area contributed by atoms with E-state index in [0.29, 0.717) is 5.92 Å². The highest BCUT2D eigenvalue weighted by Crippen LogP contribution is 2.37. The summed E-state index contributed by atoms with van der Waals surface area (Å²) in [6, 6.07) is 18.8. The van der Waals surface area contributed by atoms with Crippen LogP contribution >= 0.6 is 0 Å². The van der Waals surface area contributed by atoms with Gasteiger partial charge in [-0.3, -0.25) is 9.78 Å². The van der Waals surface area contributed by atoms with Gasteiger partial charge in [0, 0.05) is 18.1 Å². The number of rotatable bonds is 4. The first-order valence-electron chi connectivity index (χ1n) is 11.2. The highest BCUT2D eigenvalue weighted by Gasteiger charge is 2.32. The van der Waals surface area contributed by atoms with Crippen LogP contribution < -0.4 is 0 Å². The summed E-state index contributed by atoms with van der Waals surface area (Å²) < 4.78 is 0. The largest absolute Gasteiger partial charge is 0.331 e. The van der Waals surface area contributed by atoms with E-state index in [4.69, 9.17) is 0 Å². The Morgan fingerprint density at radius 1 is 1.00 bits per heavy atom. The third-order valence-corrected chi connectivity index (χ3v) is 6.67. The molecular formula is C27H28N2O. The number of para-hydroxylation sites is 1. The molecule has 3 aromatic rings. The molecule has 0 radical (unpaired) electrons. The summed E-state index contributed by atoms with van der Waals surface area (Å²) in [5, 5.41) is 1.02. The number of carbonyl (C=O) groups excluding carboxylic acids is 1. The monoisotopic (exact) mass is 396 g/mol. The number of amides is 1. The van der Waals surface area contributed by atoms with Crippen molar-refractivity contribution in [3.05, 3.63) is 89.6 Å². The van der Waals surface area contributed by atoms with Gasteiger partial charge in [-0.1, -0.05) is 54.6 Å². The van der Waals surface area contributed by atoms with Gasteiger partial charge in [-0.25, -0.2) is 0 Å². The Bertz CT molecular complexity index is 1080. The number of nitrogens with zero attached hydrogens (tertiary/aromatic N) is 2. The number of aryl methyl sites for hydroxylation is 1. The topological polar surface area (TPSA) is 33.2 Å². The standard InChI is InChI=1S/C27H28N2O/c30-27(24-16-6-13-22-14-8-18-28-26(22)24)29(19-20-9-2-1-3-10-20)25-17-7-12-21-11-4-5-15-23(21)25/h1-2,4-6,8,11,13-16,18,20,25H,3,7,9-10,12,17,19H2. The zero-order valence-corrected chi connectivity index (χ0v) is 17.3. The Morgan fingerprint density at radius 3 is 2.80 bits per heavy atom. The van der Waals surface area contributed by atoms with Gasteiger partial charge >= 0.3 is 0 Å². The van der Waals surface area contributed by atoms with Gasteiger partial charge < -0.3 is 4.90 Å². The van der Waals surface area contributed by atoms with Gasteiger partial charge in [0.05, 0.1) is 17.1 Å². The zero-order valence-electron chi connectivity index (χ0n) is 17.3. The summed E-state index contributed by atoms with van der Waals surface area (Å²) in [6.07, 6.45) is 12.9. The molecule has 0 bridgehead atoms. The number of hydrogen-bond donors (Lipinski definition) is 0. The Labute approximate surface area is 178 Å². The SMILES string of the molecule is O=C(c1cccc2cccnc12)N(CC1CC=CCC1)C1CCCc2ccccc21. The van der Waals surface area contributed by atoms with E-state index >= 15 is 0 Å². The molecule has 0 fully saturated rings. The van der Waals surface area contributed by atoms with Crippen molar-refractivity contribution in [1.82, 2.24) is 9.88 Å². The molecule has 30 heavy (non-hydrogen) atoms. The molecule has 3 nitrogen and oxygen atoms in total. The third-order valence-electron chi connectivity index (χ3n) is 6.67. The Balaban J connectivity index is 1.56. The van der Waals surface area contributed by atoms with Gasteiger partial charge in [-0.2, -0.15) is 0 Å². The van der Waals surface area contributed by atoms with E-state index in [0.717, 1.165) is 61.5 Å². The molecule has 1 aromatic heterocycles. The van der Waals surface area contributed by atoms with Crippen LogP contribution in [0, 0.1) is 5.92 Å². The lowest BCUT2D eigenvalue weighted by atomic mass is 9.85. The van der Waals surface area contributed by atoms with E-state index in [9.17, 15) is 4.79 Å². The Hall–Kier alpha value is -2.94. The van der Waals surface area contributed by atoms with E-state index in [-0.39, 0.29) is 11.9 Å². The quantitative estimate of drug-likeness (QED) is 0.498. The fraction of sp³-hybridized carbons (Fsp3) is 0.333. The summed E-state index contributed by atoms with van der Waals surface area (Å²) in [6.45, 7) is 0.811. The zero-order chi connectivity index (χ0) is 20.3. The van der Waals surface area contributed by atoms with Gasteiger partial charge in [0.15, 0.2) is 0 Å². The van der Waals surface area contributed by atoms with Crippen LogP contribution in [-0.4, -0.2) is 22.3 Å². The number of benzene rings is 2. The molecule has 1 heterocycles. The van der Waals surface area contributed by atoms with Crippen molar-refractivity contribution in [2.45, 2.75) is 44.6 Å². The minimum absolute atomic E-state index is 0.121. The summed E-state index contributed by atoms with van der Waals surface area (Å²) >= 11 is 0. The van der Waals surface area contributed by atoms with Crippen molar-refractivity contribution in [1.29, 1.82) is 0 Å². The molecule has 2 aromatic carbocycles. The average molecular weight is 397 g/mol. The van der Waals surface area contributed by atoms with Crippen molar-refractivity contribution >= 4 is 16.8 Å². The number of allylic oxidation sites excluding steroid dienone is 2. The van der Waals surface area contributed by atoms with Crippen molar-refractivity contribution < 1.29 is 4.79 Å². The maximum absolute atomic E-state index is 14.0. The lowest BCUT2D eigenvalue weighted by Crippen LogP contribution is -2.40. The Morgan fingerprint density at radius 2 is 1.90 bits per heavy atom. The summed E-state index contributed by atoms with van der Waals surface area (Å²) in [5.74, 6) is 0.645. The van der Waals surface area contributed by atoms with E-state index in [1.807, 2.05) is 30.3 Å². The number of pyridine rings is 1. The molecule has 0 spiro atoms.